The fourth-order valence-electron chi connectivity index (χ4n) is 3.31. The summed E-state index contributed by atoms with van der Waals surface area (Å²) in [7, 11) is 0. The van der Waals surface area contributed by atoms with Crippen molar-refractivity contribution in [3.05, 3.63) is 35.9 Å². The highest BCUT2D eigenvalue weighted by molar-refractivity contribution is 5.75. The summed E-state index contributed by atoms with van der Waals surface area (Å²) >= 11 is 0. The molecule has 0 amide bonds. The Balaban J connectivity index is 2.11. The van der Waals surface area contributed by atoms with Crippen LogP contribution in [-0.2, 0) is 11.2 Å². The Morgan fingerprint density at radius 3 is 2.32 bits per heavy atom. The predicted octanol–water partition coefficient (Wildman–Crippen LogP) is 4.15. The van der Waals surface area contributed by atoms with Gasteiger partial charge in [-0.15, -0.1) is 0 Å². The SMILES string of the molecule is CC(C)C1CCC(Cc2ccccc2)(C(=O)O)CC1. The van der Waals surface area contributed by atoms with E-state index in [1.54, 1.807) is 0 Å². The predicted molar refractivity (Wildman–Crippen MR) is 77.0 cm³/mol. The molecule has 1 aromatic carbocycles. The summed E-state index contributed by atoms with van der Waals surface area (Å²) in [5, 5.41) is 9.67. The first-order valence-corrected chi connectivity index (χ1v) is 7.31. The smallest absolute Gasteiger partial charge is 0.309 e. The van der Waals surface area contributed by atoms with E-state index >= 15 is 0 Å². The molecule has 0 spiro atoms. The molecule has 1 fully saturated rings. The van der Waals surface area contributed by atoms with Crippen LogP contribution in [0.15, 0.2) is 30.3 Å². The Morgan fingerprint density at radius 1 is 1.26 bits per heavy atom. The Bertz CT molecular complexity index is 414. The summed E-state index contributed by atoms with van der Waals surface area (Å²) in [5.41, 5.74) is 0.611. The number of carboxylic acid groups (broad SMARTS) is 1. The summed E-state index contributed by atoms with van der Waals surface area (Å²) in [6.07, 6.45) is 4.42. The van der Waals surface area contributed by atoms with Gasteiger partial charge in [-0.2, -0.15) is 0 Å². The van der Waals surface area contributed by atoms with Crippen LogP contribution >= 0.6 is 0 Å². The Labute approximate surface area is 115 Å². The lowest BCUT2D eigenvalue weighted by atomic mass is 9.65. The summed E-state index contributed by atoms with van der Waals surface area (Å²) in [4.78, 5) is 11.8. The van der Waals surface area contributed by atoms with E-state index in [-0.39, 0.29) is 0 Å². The molecule has 1 N–H and O–H groups in total. The van der Waals surface area contributed by atoms with Crippen LogP contribution < -0.4 is 0 Å². The first-order valence-electron chi connectivity index (χ1n) is 7.31. The van der Waals surface area contributed by atoms with Gasteiger partial charge in [0, 0.05) is 0 Å². The van der Waals surface area contributed by atoms with Gasteiger partial charge in [-0.25, -0.2) is 0 Å². The molecule has 1 aliphatic rings. The number of aliphatic carboxylic acids is 1. The molecule has 0 heterocycles. The summed E-state index contributed by atoms with van der Waals surface area (Å²) in [5.74, 6) is 0.755. The molecule has 0 aromatic heterocycles. The van der Waals surface area contributed by atoms with Crippen molar-refractivity contribution in [2.45, 2.75) is 46.0 Å². The van der Waals surface area contributed by atoms with Gasteiger partial charge in [0.05, 0.1) is 5.41 Å². The quantitative estimate of drug-likeness (QED) is 0.883. The second kappa shape index (κ2) is 5.77. The molecule has 0 saturated heterocycles. The van der Waals surface area contributed by atoms with E-state index in [1.807, 2.05) is 30.3 Å². The molecule has 0 aliphatic heterocycles. The molecule has 2 heteroatoms. The number of hydrogen-bond acceptors (Lipinski definition) is 1. The summed E-state index contributed by atoms with van der Waals surface area (Å²) in [6, 6.07) is 10.0. The third kappa shape index (κ3) is 3.17. The van der Waals surface area contributed by atoms with Crippen LogP contribution in [0.5, 0.6) is 0 Å². The highest BCUT2D eigenvalue weighted by atomic mass is 16.4. The minimum Gasteiger partial charge on any atom is -0.481 e. The zero-order chi connectivity index (χ0) is 13.9. The van der Waals surface area contributed by atoms with E-state index in [2.05, 4.69) is 13.8 Å². The lowest BCUT2D eigenvalue weighted by molar-refractivity contribution is -0.151. The molecule has 0 unspecified atom stereocenters. The molecular weight excluding hydrogens is 236 g/mol. The fraction of sp³-hybridized carbons (Fsp3) is 0.588. The average molecular weight is 260 g/mol. The molecule has 1 aliphatic carbocycles. The van der Waals surface area contributed by atoms with E-state index in [1.165, 1.54) is 0 Å². The van der Waals surface area contributed by atoms with Gasteiger partial charge in [0.15, 0.2) is 0 Å². The molecule has 0 bridgehead atoms. The van der Waals surface area contributed by atoms with E-state index in [9.17, 15) is 9.90 Å². The second-order valence-electron chi connectivity index (χ2n) is 6.33. The minimum atomic E-state index is -0.612. The number of benzene rings is 1. The van der Waals surface area contributed by atoms with E-state index in [0.29, 0.717) is 18.3 Å². The molecular formula is C17H24O2. The third-order valence-electron chi connectivity index (χ3n) is 4.77. The molecule has 0 radical (unpaired) electrons. The Kier molecular flexibility index (Phi) is 4.28. The van der Waals surface area contributed by atoms with Crippen molar-refractivity contribution in [2.75, 3.05) is 0 Å². The highest BCUT2D eigenvalue weighted by Gasteiger charge is 2.42. The number of carbonyl (C=O) groups is 1. The van der Waals surface area contributed by atoms with Crippen molar-refractivity contribution < 1.29 is 9.90 Å². The van der Waals surface area contributed by atoms with Crippen LogP contribution in [-0.4, -0.2) is 11.1 Å². The van der Waals surface area contributed by atoms with E-state index in [4.69, 9.17) is 0 Å². The van der Waals surface area contributed by atoms with Crippen molar-refractivity contribution in [3.8, 4) is 0 Å². The molecule has 1 aromatic rings. The van der Waals surface area contributed by atoms with Crippen molar-refractivity contribution >= 4 is 5.97 Å². The minimum absolute atomic E-state index is 0.535. The molecule has 104 valence electrons. The molecule has 19 heavy (non-hydrogen) atoms. The Morgan fingerprint density at radius 2 is 1.84 bits per heavy atom. The van der Waals surface area contributed by atoms with Gasteiger partial charge >= 0.3 is 5.97 Å². The lowest BCUT2D eigenvalue weighted by Crippen LogP contribution is -2.38. The van der Waals surface area contributed by atoms with Gasteiger partial charge < -0.3 is 5.11 Å². The van der Waals surface area contributed by atoms with Crippen LogP contribution in [0.1, 0.15) is 45.1 Å². The normalized spacial score (nSPS) is 27.4. The fourth-order valence-corrected chi connectivity index (χ4v) is 3.31. The van der Waals surface area contributed by atoms with E-state index in [0.717, 1.165) is 31.2 Å². The lowest BCUT2D eigenvalue weighted by Gasteiger charge is -2.38. The topological polar surface area (TPSA) is 37.3 Å². The molecule has 0 atom stereocenters. The third-order valence-corrected chi connectivity index (χ3v) is 4.77. The average Bonchev–Trinajstić information content (AvgIpc) is 2.40. The number of carboxylic acids is 1. The summed E-state index contributed by atoms with van der Waals surface area (Å²) < 4.78 is 0. The van der Waals surface area contributed by atoms with Gasteiger partial charge in [-0.05, 0) is 49.5 Å². The standard InChI is InChI=1S/C17H24O2/c1-13(2)15-8-10-17(11-9-15,16(18)19)12-14-6-4-3-5-7-14/h3-7,13,15H,8-12H2,1-2H3,(H,18,19). The number of hydrogen-bond donors (Lipinski definition) is 1. The van der Waals surface area contributed by atoms with Crippen LogP contribution in [0.3, 0.4) is 0 Å². The van der Waals surface area contributed by atoms with Crippen molar-refractivity contribution in [1.29, 1.82) is 0 Å². The maximum atomic E-state index is 11.8. The zero-order valence-corrected chi connectivity index (χ0v) is 11.9. The maximum Gasteiger partial charge on any atom is 0.309 e. The summed E-state index contributed by atoms with van der Waals surface area (Å²) in [6.45, 7) is 4.49. The van der Waals surface area contributed by atoms with Crippen LogP contribution in [0, 0.1) is 17.3 Å². The van der Waals surface area contributed by atoms with Crippen molar-refractivity contribution in [3.63, 3.8) is 0 Å². The van der Waals surface area contributed by atoms with E-state index < -0.39 is 11.4 Å². The van der Waals surface area contributed by atoms with Crippen molar-refractivity contribution in [2.24, 2.45) is 17.3 Å². The molecule has 1 saturated carbocycles. The molecule has 2 nitrogen and oxygen atoms in total. The highest BCUT2D eigenvalue weighted by Crippen LogP contribution is 2.43. The number of rotatable bonds is 4. The van der Waals surface area contributed by atoms with Gasteiger partial charge in [0.1, 0.15) is 0 Å². The second-order valence-corrected chi connectivity index (χ2v) is 6.33. The largest absolute Gasteiger partial charge is 0.481 e. The Hall–Kier alpha value is -1.31. The first kappa shape index (κ1) is 14.1. The van der Waals surface area contributed by atoms with Gasteiger partial charge in [-0.3, -0.25) is 4.79 Å². The van der Waals surface area contributed by atoms with Crippen LogP contribution in [0.2, 0.25) is 0 Å². The van der Waals surface area contributed by atoms with Gasteiger partial charge in [-0.1, -0.05) is 44.2 Å². The first-order chi connectivity index (χ1) is 9.03. The van der Waals surface area contributed by atoms with Gasteiger partial charge in [0.2, 0.25) is 0 Å². The van der Waals surface area contributed by atoms with Crippen LogP contribution in [0.25, 0.3) is 0 Å². The van der Waals surface area contributed by atoms with Gasteiger partial charge in [0.25, 0.3) is 0 Å². The molecule has 2 rings (SSSR count). The van der Waals surface area contributed by atoms with Crippen LogP contribution in [0.4, 0.5) is 0 Å². The zero-order valence-electron chi connectivity index (χ0n) is 11.9. The van der Waals surface area contributed by atoms with Crippen molar-refractivity contribution in [1.82, 2.24) is 0 Å². The monoisotopic (exact) mass is 260 g/mol. The maximum absolute atomic E-state index is 11.8.